The number of amides is 1. The normalized spacial score (nSPS) is 18.3. The number of unbranched alkanes of at least 4 members (excludes halogenated alkanes) is 1. The molecule has 0 aromatic heterocycles. The molecule has 7 nitrogen and oxygen atoms in total. The van der Waals surface area contributed by atoms with Crippen LogP contribution in [-0.4, -0.2) is 84.1 Å². The number of thioether (sulfide) groups is 2. The third-order valence-electron chi connectivity index (χ3n) is 4.70. The number of nitrogens with zero attached hydrogens (tertiary/aromatic N) is 1. The van der Waals surface area contributed by atoms with E-state index in [1.807, 2.05) is 11.8 Å². The van der Waals surface area contributed by atoms with Gasteiger partial charge in [-0.25, -0.2) is 4.79 Å². The van der Waals surface area contributed by atoms with Crippen LogP contribution in [0.4, 0.5) is 0 Å². The van der Waals surface area contributed by atoms with E-state index in [0.29, 0.717) is 25.3 Å². The Morgan fingerprint density at radius 2 is 1.90 bits per heavy atom. The zero-order chi connectivity index (χ0) is 21.6. The second-order valence-electron chi connectivity index (χ2n) is 6.95. The summed E-state index contributed by atoms with van der Waals surface area (Å²) in [6.07, 6.45) is 3.81. The van der Waals surface area contributed by atoms with Gasteiger partial charge in [-0.1, -0.05) is 13.3 Å². The molecule has 0 radical (unpaired) electrons. The van der Waals surface area contributed by atoms with Gasteiger partial charge in [0.2, 0.25) is 5.91 Å². The minimum absolute atomic E-state index is 0.188. The summed E-state index contributed by atoms with van der Waals surface area (Å²) >= 11 is 3.61. The Bertz CT molecular complexity index is 521. The second-order valence-corrected chi connectivity index (χ2v) is 9.32. The van der Waals surface area contributed by atoms with Gasteiger partial charge in [-0.2, -0.15) is 23.5 Å². The lowest BCUT2D eigenvalue weighted by Crippen LogP contribution is -2.54. The van der Waals surface area contributed by atoms with Gasteiger partial charge in [-0.3, -0.25) is 14.9 Å². The van der Waals surface area contributed by atoms with Crippen LogP contribution in [0, 0.1) is 0 Å². The van der Waals surface area contributed by atoms with Gasteiger partial charge in [0.15, 0.2) is 0 Å². The van der Waals surface area contributed by atoms with E-state index in [9.17, 15) is 14.4 Å². The highest BCUT2D eigenvalue weighted by molar-refractivity contribution is 8.02. The number of rotatable bonds is 14. The van der Waals surface area contributed by atoms with Crippen LogP contribution in [0.15, 0.2) is 0 Å². The molecule has 29 heavy (non-hydrogen) atoms. The fraction of sp³-hybridized carbons (Fsp3) is 0.850. The summed E-state index contributed by atoms with van der Waals surface area (Å²) in [5.74, 6) is 2.79. The van der Waals surface area contributed by atoms with Crippen molar-refractivity contribution < 1.29 is 23.9 Å². The maximum Gasteiger partial charge on any atom is 0.328 e. The predicted molar refractivity (Wildman–Crippen MR) is 119 cm³/mol. The number of methoxy groups -OCH3 is 1. The van der Waals surface area contributed by atoms with Crippen molar-refractivity contribution in [3.05, 3.63) is 0 Å². The van der Waals surface area contributed by atoms with Crippen molar-refractivity contribution in [1.82, 2.24) is 10.2 Å². The molecule has 1 fully saturated rings. The highest BCUT2D eigenvalue weighted by atomic mass is 32.2. The van der Waals surface area contributed by atoms with Crippen molar-refractivity contribution in [2.75, 3.05) is 43.3 Å². The van der Waals surface area contributed by atoms with Gasteiger partial charge >= 0.3 is 11.9 Å². The molecule has 0 spiro atoms. The van der Waals surface area contributed by atoms with Crippen molar-refractivity contribution in [2.45, 2.75) is 64.6 Å². The van der Waals surface area contributed by atoms with Crippen molar-refractivity contribution >= 4 is 41.4 Å². The summed E-state index contributed by atoms with van der Waals surface area (Å²) in [6, 6.07) is -1.68. The Labute approximate surface area is 183 Å². The average Bonchev–Trinajstić information content (AvgIpc) is 3.20. The molecule has 0 saturated carbocycles. The monoisotopic (exact) mass is 448 g/mol. The van der Waals surface area contributed by atoms with Crippen molar-refractivity contribution in [1.29, 1.82) is 0 Å². The van der Waals surface area contributed by atoms with E-state index in [1.54, 1.807) is 30.5 Å². The third-order valence-corrected chi connectivity index (χ3v) is 7.09. The molecule has 9 heteroatoms. The molecular formula is C20H36N2O5S2. The number of ether oxygens (including phenoxy) is 2. The average molecular weight is 449 g/mol. The lowest BCUT2D eigenvalue weighted by molar-refractivity contribution is -0.152. The molecule has 0 aromatic rings. The van der Waals surface area contributed by atoms with E-state index in [-0.39, 0.29) is 17.8 Å². The van der Waals surface area contributed by atoms with Gasteiger partial charge in [-0.15, -0.1) is 0 Å². The van der Waals surface area contributed by atoms with Crippen LogP contribution in [-0.2, 0) is 23.9 Å². The maximum absolute atomic E-state index is 12.9. The first-order chi connectivity index (χ1) is 14.0. The molecule has 0 unspecified atom stereocenters. The SMILES string of the molecule is CCCCSCCSC[C@H](N[C@@H](C)C(=O)N1CCC[C@H]1C(=O)OC)C(=O)OCC. The third kappa shape index (κ3) is 9.17. The quantitative estimate of drug-likeness (QED) is 0.320. The Balaban J connectivity index is 2.56. The summed E-state index contributed by atoms with van der Waals surface area (Å²) in [6.45, 7) is 6.51. The first-order valence-corrected chi connectivity index (χ1v) is 12.7. The highest BCUT2D eigenvalue weighted by Gasteiger charge is 2.37. The first kappa shape index (κ1) is 26.1. The maximum atomic E-state index is 12.9. The van der Waals surface area contributed by atoms with Crippen LogP contribution >= 0.6 is 23.5 Å². The first-order valence-electron chi connectivity index (χ1n) is 10.4. The number of nitrogens with one attached hydrogen (secondary N) is 1. The fourth-order valence-electron chi connectivity index (χ4n) is 3.13. The standard InChI is InChI=1S/C20H36N2O5S2/c1-5-7-11-28-12-13-29-14-16(19(24)27-6-2)21-15(3)18(23)22-10-8-9-17(22)20(25)26-4/h15-17,21H,5-14H2,1-4H3/t15-,16-,17-/m0/s1. The number of esters is 2. The molecule has 0 aliphatic carbocycles. The lowest BCUT2D eigenvalue weighted by atomic mass is 10.2. The number of likely N-dealkylation sites (tertiary alicyclic amines) is 1. The van der Waals surface area contributed by atoms with Gasteiger partial charge in [0.25, 0.3) is 0 Å². The Morgan fingerprint density at radius 1 is 1.17 bits per heavy atom. The molecule has 0 aromatic carbocycles. The minimum Gasteiger partial charge on any atom is -0.467 e. The van der Waals surface area contributed by atoms with Crippen LogP contribution in [0.25, 0.3) is 0 Å². The fourth-order valence-corrected chi connectivity index (χ4v) is 5.40. The van der Waals surface area contributed by atoms with Crippen LogP contribution in [0.3, 0.4) is 0 Å². The smallest absolute Gasteiger partial charge is 0.328 e. The van der Waals surface area contributed by atoms with E-state index in [4.69, 9.17) is 9.47 Å². The Kier molecular flexibility index (Phi) is 13.5. The van der Waals surface area contributed by atoms with E-state index in [2.05, 4.69) is 12.2 Å². The molecular weight excluding hydrogens is 412 g/mol. The Morgan fingerprint density at radius 3 is 2.55 bits per heavy atom. The van der Waals surface area contributed by atoms with Crippen LogP contribution in [0.5, 0.6) is 0 Å². The van der Waals surface area contributed by atoms with E-state index < -0.39 is 18.1 Å². The lowest BCUT2D eigenvalue weighted by Gasteiger charge is -2.28. The summed E-state index contributed by atoms with van der Waals surface area (Å²) in [5.41, 5.74) is 0. The molecule has 1 N–H and O–H groups in total. The van der Waals surface area contributed by atoms with Crippen molar-refractivity contribution in [3.63, 3.8) is 0 Å². The zero-order valence-corrected chi connectivity index (χ0v) is 19.7. The Hall–Kier alpha value is -0.930. The van der Waals surface area contributed by atoms with E-state index in [1.165, 1.54) is 25.7 Å². The van der Waals surface area contributed by atoms with Gasteiger partial charge in [-0.05, 0) is 38.9 Å². The second kappa shape index (κ2) is 15.0. The van der Waals surface area contributed by atoms with E-state index >= 15 is 0 Å². The number of carbonyl (C=O) groups is 3. The molecule has 1 aliphatic heterocycles. The number of carbonyl (C=O) groups excluding carboxylic acids is 3. The minimum atomic E-state index is -0.589. The molecule has 168 valence electrons. The van der Waals surface area contributed by atoms with Crippen molar-refractivity contribution in [2.24, 2.45) is 0 Å². The van der Waals surface area contributed by atoms with Gasteiger partial charge in [0, 0.05) is 23.8 Å². The van der Waals surface area contributed by atoms with E-state index in [0.717, 1.165) is 17.9 Å². The molecule has 1 amide bonds. The molecule has 3 atom stereocenters. The summed E-state index contributed by atoms with van der Waals surface area (Å²) in [7, 11) is 1.33. The zero-order valence-electron chi connectivity index (χ0n) is 18.1. The van der Waals surface area contributed by atoms with Crippen LogP contribution < -0.4 is 5.32 Å². The van der Waals surface area contributed by atoms with Gasteiger partial charge < -0.3 is 14.4 Å². The highest BCUT2D eigenvalue weighted by Crippen LogP contribution is 2.20. The van der Waals surface area contributed by atoms with Crippen molar-refractivity contribution in [3.8, 4) is 0 Å². The largest absolute Gasteiger partial charge is 0.467 e. The predicted octanol–water partition coefficient (Wildman–Crippen LogP) is 2.33. The number of hydrogen-bond acceptors (Lipinski definition) is 8. The topological polar surface area (TPSA) is 84.9 Å². The van der Waals surface area contributed by atoms with Crippen LogP contribution in [0.2, 0.25) is 0 Å². The number of hydrogen-bond donors (Lipinski definition) is 1. The summed E-state index contributed by atoms with van der Waals surface area (Å²) in [5, 5.41) is 3.12. The molecule has 1 rings (SSSR count). The van der Waals surface area contributed by atoms with Crippen LogP contribution in [0.1, 0.15) is 46.5 Å². The summed E-state index contributed by atoms with van der Waals surface area (Å²) < 4.78 is 9.99. The van der Waals surface area contributed by atoms with Gasteiger partial charge in [0.1, 0.15) is 12.1 Å². The molecule has 1 aliphatic rings. The van der Waals surface area contributed by atoms with Gasteiger partial charge in [0.05, 0.1) is 19.8 Å². The summed E-state index contributed by atoms with van der Waals surface area (Å²) in [4.78, 5) is 38.7. The molecule has 0 bridgehead atoms. The molecule has 1 heterocycles. The molecule has 1 saturated heterocycles.